The zero-order valence-electron chi connectivity index (χ0n) is 10.7. The molecule has 0 aliphatic carbocycles. The highest BCUT2D eigenvalue weighted by Gasteiger charge is 2.25. The zero-order valence-corrected chi connectivity index (χ0v) is 10.7. The first kappa shape index (κ1) is 15.1. The second-order valence-corrected chi connectivity index (χ2v) is 4.71. The summed E-state index contributed by atoms with van der Waals surface area (Å²) in [5, 5.41) is 20.7. The van der Waals surface area contributed by atoms with E-state index in [0.717, 1.165) is 6.07 Å². The molecule has 0 aromatic heterocycles. The molecule has 1 aromatic carbocycles. The van der Waals surface area contributed by atoms with Crippen LogP contribution in [0, 0.1) is 12.7 Å². The van der Waals surface area contributed by atoms with Crippen molar-refractivity contribution in [2.75, 3.05) is 6.54 Å². The summed E-state index contributed by atoms with van der Waals surface area (Å²) in [7, 11) is 0. The maximum absolute atomic E-state index is 13.0. The Morgan fingerprint density at radius 2 is 2.05 bits per heavy atom. The van der Waals surface area contributed by atoms with E-state index in [2.05, 4.69) is 5.32 Å². The van der Waals surface area contributed by atoms with Crippen LogP contribution in [0.25, 0.3) is 0 Å². The number of amides is 1. The highest BCUT2D eigenvalue weighted by Crippen LogP contribution is 2.12. The Balaban J connectivity index is 2.70. The molecule has 6 heteroatoms. The monoisotopic (exact) mass is 269 g/mol. The van der Waals surface area contributed by atoms with Gasteiger partial charge >= 0.3 is 5.97 Å². The van der Waals surface area contributed by atoms with Crippen molar-refractivity contribution in [3.05, 3.63) is 35.1 Å². The normalized spacial score (nSPS) is 13.7. The van der Waals surface area contributed by atoms with Gasteiger partial charge in [0.25, 0.3) is 5.91 Å². The van der Waals surface area contributed by atoms with Crippen molar-refractivity contribution in [2.45, 2.75) is 25.9 Å². The number of hydrogen-bond donors (Lipinski definition) is 3. The average molecular weight is 269 g/mol. The standard InChI is InChI=1S/C13H16FNO4/c1-8-3-4-9(14)5-10(8)12(18)15-7-13(2,19)6-11(16)17/h3-5,19H,6-7H2,1-2H3,(H,15,18)(H,16,17). The molecule has 104 valence electrons. The van der Waals surface area contributed by atoms with E-state index in [-0.39, 0.29) is 12.1 Å². The molecule has 1 aromatic rings. The third-order valence-corrected chi connectivity index (χ3v) is 2.61. The molecule has 0 heterocycles. The van der Waals surface area contributed by atoms with Gasteiger partial charge in [0.1, 0.15) is 5.82 Å². The number of aliphatic hydroxyl groups is 1. The van der Waals surface area contributed by atoms with Crippen LogP contribution in [-0.2, 0) is 4.79 Å². The molecule has 1 rings (SSSR count). The number of carbonyl (C=O) groups is 2. The fraction of sp³-hybridized carbons (Fsp3) is 0.385. The van der Waals surface area contributed by atoms with Gasteiger partial charge in [-0.2, -0.15) is 0 Å². The summed E-state index contributed by atoms with van der Waals surface area (Å²) in [4.78, 5) is 22.3. The Bertz CT molecular complexity index is 499. The van der Waals surface area contributed by atoms with Crippen LogP contribution in [0.1, 0.15) is 29.3 Å². The number of hydrogen-bond acceptors (Lipinski definition) is 3. The van der Waals surface area contributed by atoms with Crippen molar-refractivity contribution in [2.24, 2.45) is 0 Å². The largest absolute Gasteiger partial charge is 0.481 e. The minimum absolute atomic E-state index is 0.158. The number of carboxylic acids is 1. The average Bonchev–Trinajstić information content (AvgIpc) is 2.27. The van der Waals surface area contributed by atoms with Gasteiger partial charge in [0.15, 0.2) is 0 Å². The lowest BCUT2D eigenvalue weighted by molar-refractivity contribution is -0.141. The van der Waals surface area contributed by atoms with E-state index in [4.69, 9.17) is 5.11 Å². The molecular formula is C13H16FNO4. The first-order chi connectivity index (χ1) is 8.71. The van der Waals surface area contributed by atoms with E-state index < -0.39 is 29.7 Å². The van der Waals surface area contributed by atoms with E-state index in [1.54, 1.807) is 6.92 Å². The molecule has 0 radical (unpaired) electrons. The third-order valence-electron chi connectivity index (χ3n) is 2.61. The summed E-state index contributed by atoms with van der Waals surface area (Å²) in [6, 6.07) is 3.81. The molecule has 0 bridgehead atoms. The van der Waals surface area contributed by atoms with Crippen LogP contribution in [0.3, 0.4) is 0 Å². The molecule has 1 amide bonds. The molecule has 0 aliphatic heterocycles. The van der Waals surface area contributed by atoms with Crippen molar-refractivity contribution in [1.82, 2.24) is 5.32 Å². The molecule has 19 heavy (non-hydrogen) atoms. The van der Waals surface area contributed by atoms with Gasteiger partial charge in [0.05, 0.1) is 12.0 Å². The molecule has 0 aliphatic rings. The van der Waals surface area contributed by atoms with E-state index >= 15 is 0 Å². The van der Waals surface area contributed by atoms with Gasteiger partial charge < -0.3 is 15.5 Å². The first-order valence-corrected chi connectivity index (χ1v) is 5.70. The second-order valence-electron chi connectivity index (χ2n) is 4.71. The quantitative estimate of drug-likeness (QED) is 0.746. The van der Waals surface area contributed by atoms with Crippen molar-refractivity contribution >= 4 is 11.9 Å². The van der Waals surface area contributed by atoms with Gasteiger partial charge in [-0.25, -0.2) is 4.39 Å². The number of rotatable bonds is 5. The molecular weight excluding hydrogens is 253 g/mol. The highest BCUT2D eigenvalue weighted by atomic mass is 19.1. The van der Waals surface area contributed by atoms with Crippen molar-refractivity contribution < 1.29 is 24.2 Å². The lowest BCUT2D eigenvalue weighted by atomic mass is 10.0. The van der Waals surface area contributed by atoms with Crippen LogP contribution in [-0.4, -0.2) is 34.2 Å². The van der Waals surface area contributed by atoms with Gasteiger partial charge in [-0.15, -0.1) is 0 Å². The van der Waals surface area contributed by atoms with Crippen LogP contribution in [0.4, 0.5) is 4.39 Å². The Kier molecular flexibility index (Phi) is 4.61. The highest BCUT2D eigenvalue weighted by molar-refractivity contribution is 5.95. The van der Waals surface area contributed by atoms with E-state index in [9.17, 15) is 19.1 Å². The minimum atomic E-state index is -1.55. The molecule has 0 spiro atoms. The summed E-state index contributed by atoms with van der Waals surface area (Å²) in [5.74, 6) is -2.25. The van der Waals surface area contributed by atoms with E-state index in [1.807, 2.05) is 0 Å². The molecule has 0 fully saturated rings. The molecule has 1 atom stereocenters. The van der Waals surface area contributed by atoms with Crippen LogP contribution in [0.5, 0.6) is 0 Å². The summed E-state index contributed by atoms with van der Waals surface area (Å²) in [6.45, 7) is 2.73. The second kappa shape index (κ2) is 5.79. The Morgan fingerprint density at radius 1 is 1.42 bits per heavy atom. The molecule has 0 saturated carbocycles. The van der Waals surface area contributed by atoms with Crippen molar-refractivity contribution in [3.8, 4) is 0 Å². The number of halogens is 1. The minimum Gasteiger partial charge on any atom is -0.481 e. The van der Waals surface area contributed by atoms with Gasteiger partial charge in [-0.1, -0.05) is 6.07 Å². The van der Waals surface area contributed by atoms with Crippen LogP contribution < -0.4 is 5.32 Å². The Hall–Kier alpha value is -1.95. The molecule has 0 saturated heterocycles. The van der Waals surface area contributed by atoms with Crippen LogP contribution >= 0.6 is 0 Å². The Labute approximate surface area is 110 Å². The number of aliphatic carboxylic acids is 1. The zero-order chi connectivity index (χ0) is 14.6. The number of carbonyl (C=O) groups excluding carboxylic acids is 1. The number of aryl methyl sites for hydroxylation is 1. The topological polar surface area (TPSA) is 86.6 Å². The first-order valence-electron chi connectivity index (χ1n) is 5.70. The molecule has 5 nitrogen and oxygen atoms in total. The summed E-state index contributed by atoms with van der Waals surface area (Å²) in [6.07, 6.45) is -0.491. The number of benzene rings is 1. The maximum Gasteiger partial charge on any atom is 0.306 e. The van der Waals surface area contributed by atoms with Crippen LogP contribution in [0.15, 0.2) is 18.2 Å². The van der Waals surface area contributed by atoms with Gasteiger partial charge in [0.2, 0.25) is 0 Å². The predicted octanol–water partition coefficient (Wildman–Crippen LogP) is 1.09. The van der Waals surface area contributed by atoms with E-state index in [0.29, 0.717) is 5.56 Å². The van der Waals surface area contributed by atoms with Gasteiger partial charge in [-0.3, -0.25) is 9.59 Å². The third kappa shape index (κ3) is 4.67. The number of carboxylic acid groups (broad SMARTS) is 1. The summed E-state index contributed by atoms with van der Waals surface area (Å²) < 4.78 is 13.0. The lowest BCUT2D eigenvalue weighted by Crippen LogP contribution is -2.42. The van der Waals surface area contributed by atoms with Gasteiger partial charge in [-0.05, 0) is 31.5 Å². The van der Waals surface area contributed by atoms with Crippen LogP contribution in [0.2, 0.25) is 0 Å². The van der Waals surface area contributed by atoms with Gasteiger partial charge in [0, 0.05) is 12.1 Å². The Morgan fingerprint density at radius 3 is 2.63 bits per heavy atom. The smallest absolute Gasteiger partial charge is 0.306 e. The van der Waals surface area contributed by atoms with Crippen molar-refractivity contribution in [1.29, 1.82) is 0 Å². The maximum atomic E-state index is 13.0. The number of nitrogens with one attached hydrogen (secondary N) is 1. The fourth-order valence-corrected chi connectivity index (χ4v) is 1.59. The SMILES string of the molecule is Cc1ccc(F)cc1C(=O)NCC(C)(O)CC(=O)O. The predicted molar refractivity (Wildman–Crippen MR) is 66.3 cm³/mol. The molecule has 3 N–H and O–H groups in total. The summed E-state index contributed by atoms with van der Waals surface area (Å²) in [5.41, 5.74) is -0.800. The van der Waals surface area contributed by atoms with Crippen molar-refractivity contribution in [3.63, 3.8) is 0 Å². The molecule has 1 unspecified atom stereocenters. The lowest BCUT2D eigenvalue weighted by Gasteiger charge is -2.21. The van der Waals surface area contributed by atoms with E-state index in [1.165, 1.54) is 19.1 Å². The summed E-state index contributed by atoms with van der Waals surface area (Å²) >= 11 is 0. The fourth-order valence-electron chi connectivity index (χ4n) is 1.59.